The van der Waals surface area contributed by atoms with E-state index >= 15 is 0 Å². The summed E-state index contributed by atoms with van der Waals surface area (Å²) in [6.07, 6.45) is 1.19. The normalized spacial score (nSPS) is 20.3. The predicted molar refractivity (Wildman–Crippen MR) is 93.0 cm³/mol. The Kier molecular flexibility index (Phi) is 4.10. The first kappa shape index (κ1) is 15.4. The number of hydrogen-bond donors (Lipinski definition) is 1. The molecule has 1 atom stereocenters. The zero-order valence-corrected chi connectivity index (χ0v) is 13.5. The lowest BCUT2D eigenvalue weighted by atomic mass is 10.1. The summed E-state index contributed by atoms with van der Waals surface area (Å²) in [6, 6.07) is 11.4. The van der Waals surface area contributed by atoms with Gasteiger partial charge < -0.3 is 15.1 Å². The first-order valence-corrected chi connectivity index (χ1v) is 8.49. The van der Waals surface area contributed by atoms with E-state index in [1.54, 1.807) is 18.2 Å². The highest BCUT2D eigenvalue weighted by Crippen LogP contribution is 2.38. The van der Waals surface area contributed by atoms with E-state index in [2.05, 4.69) is 15.1 Å². The Morgan fingerprint density at radius 3 is 2.50 bits per heavy atom. The van der Waals surface area contributed by atoms with Crippen LogP contribution in [-0.4, -0.2) is 32.7 Å². The third-order valence-electron chi connectivity index (χ3n) is 4.94. The first-order valence-electron chi connectivity index (χ1n) is 8.49. The SMILES string of the molecule is Fc1ccc(N2CCN(C[C@@H]3CCNC3)c3ccc(F)cc32)cc1. The maximum Gasteiger partial charge on any atom is 0.125 e. The van der Waals surface area contributed by atoms with Crippen LogP contribution in [0.25, 0.3) is 0 Å². The lowest BCUT2D eigenvalue weighted by molar-refractivity contribution is 0.554. The van der Waals surface area contributed by atoms with Crippen molar-refractivity contribution in [2.24, 2.45) is 5.92 Å². The Hall–Kier alpha value is -2.14. The monoisotopic (exact) mass is 329 g/mol. The van der Waals surface area contributed by atoms with Gasteiger partial charge in [-0.3, -0.25) is 0 Å². The molecule has 2 aromatic rings. The van der Waals surface area contributed by atoms with Crippen LogP contribution in [0, 0.1) is 17.6 Å². The summed E-state index contributed by atoms with van der Waals surface area (Å²) < 4.78 is 27.1. The number of fused-ring (bicyclic) bond motifs is 1. The summed E-state index contributed by atoms with van der Waals surface area (Å²) >= 11 is 0. The van der Waals surface area contributed by atoms with E-state index in [9.17, 15) is 8.78 Å². The Morgan fingerprint density at radius 1 is 0.958 bits per heavy atom. The van der Waals surface area contributed by atoms with E-state index < -0.39 is 0 Å². The Balaban J connectivity index is 1.66. The highest BCUT2D eigenvalue weighted by Gasteiger charge is 2.27. The largest absolute Gasteiger partial charge is 0.368 e. The van der Waals surface area contributed by atoms with Crippen molar-refractivity contribution in [2.75, 3.05) is 42.5 Å². The molecule has 126 valence electrons. The van der Waals surface area contributed by atoms with Crippen molar-refractivity contribution in [3.8, 4) is 0 Å². The van der Waals surface area contributed by atoms with Crippen LogP contribution in [0.1, 0.15) is 6.42 Å². The lowest BCUT2D eigenvalue weighted by Crippen LogP contribution is -2.41. The maximum atomic E-state index is 13.9. The van der Waals surface area contributed by atoms with Gasteiger partial charge in [0.1, 0.15) is 11.6 Å². The molecule has 0 aliphatic carbocycles. The van der Waals surface area contributed by atoms with E-state index in [0.29, 0.717) is 5.92 Å². The van der Waals surface area contributed by atoms with Crippen molar-refractivity contribution in [3.63, 3.8) is 0 Å². The van der Waals surface area contributed by atoms with Gasteiger partial charge in [-0.1, -0.05) is 0 Å². The van der Waals surface area contributed by atoms with Gasteiger partial charge in [0.05, 0.1) is 11.4 Å². The van der Waals surface area contributed by atoms with Crippen LogP contribution in [0.3, 0.4) is 0 Å². The standard InChI is InChI=1S/C19H21F2N3/c20-15-1-4-17(5-2-15)24-10-9-23(13-14-7-8-22-12-14)18-6-3-16(21)11-19(18)24/h1-6,11,14,22H,7-10,12-13H2/t14-/m1/s1. The number of halogens is 2. The zero-order chi connectivity index (χ0) is 16.5. The van der Waals surface area contributed by atoms with Crippen LogP contribution in [-0.2, 0) is 0 Å². The van der Waals surface area contributed by atoms with Crippen LogP contribution >= 0.6 is 0 Å². The van der Waals surface area contributed by atoms with Gasteiger partial charge in [-0.2, -0.15) is 0 Å². The molecule has 1 saturated heterocycles. The molecule has 1 N–H and O–H groups in total. The second-order valence-electron chi connectivity index (χ2n) is 6.57. The predicted octanol–water partition coefficient (Wildman–Crippen LogP) is 3.53. The van der Waals surface area contributed by atoms with Crippen molar-refractivity contribution < 1.29 is 8.78 Å². The van der Waals surface area contributed by atoms with E-state index in [0.717, 1.165) is 49.8 Å². The molecular formula is C19H21F2N3. The van der Waals surface area contributed by atoms with E-state index in [1.807, 2.05) is 6.07 Å². The van der Waals surface area contributed by atoms with Gasteiger partial charge in [0, 0.05) is 25.3 Å². The molecule has 24 heavy (non-hydrogen) atoms. The summed E-state index contributed by atoms with van der Waals surface area (Å²) in [6.45, 7) is 4.77. The second-order valence-corrected chi connectivity index (χ2v) is 6.57. The summed E-state index contributed by atoms with van der Waals surface area (Å²) in [4.78, 5) is 4.42. The molecule has 0 saturated carbocycles. The number of hydrogen-bond acceptors (Lipinski definition) is 3. The fraction of sp³-hybridized carbons (Fsp3) is 0.368. The molecule has 2 heterocycles. The van der Waals surface area contributed by atoms with Gasteiger partial charge in [0.25, 0.3) is 0 Å². The number of anilines is 3. The topological polar surface area (TPSA) is 18.5 Å². The van der Waals surface area contributed by atoms with Gasteiger partial charge in [0.15, 0.2) is 0 Å². The van der Waals surface area contributed by atoms with Crippen LogP contribution in [0.2, 0.25) is 0 Å². The summed E-state index contributed by atoms with van der Waals surface area (Å²) in [5, 5.41) is 3.40. The Morgan fingerprint density at radius 2 is 1.75 bits per heavy atom. The van der Waals surface area contributed by atoms with Crippen LogP contribution in [0.5, 0.6) is 0 Å². The fourth-order valence-corrected chi connectivity index (χ4v) is 3.70. The van der Waals surface area contributed by atoms with Crippen molar-refractivity contribution in [3.05, 3.63) is 54.1 Å². The molecule has 0 radical (unpaired) electrons. The molecule has 1 fully saturated rings. The van der Waals surface area contributed by atoms with Crippen molar-refractivity contribution in [2.45, 2.75) is 6.42 Å². The van der Waals surface area contributed by atoms with E-state index in [4.69, 9.17) is 0 Å². The Labute approximate surface area is 140 Å². The van der Waals surface area contributed by atoms with Crippen molar-refractivity contribution in [1.29, 1.82) is 0 Å². The molecule has 0 bridgehead atoms. The zero-order valence-electron chi connectivity index (χ0n) is 13.5. The summed E-state index contributed by atoms with van der Waals surface area (Å²) in [5.41, 5.74) is 2.81. The second kappa shape index (κ2) is 6.40. The third kappa shape index (κ3) is 2.96. The molecule has 0 spiro atoms. The minimum Gasteiger partial charge on any atom is -0.368 e. The molecule has 3 nitrogen and oxygen atoms in total. The minimum absolute atomic E-state index is 0.245. The highest BCUT2D eigenvalue weighted by atomic mass is 19.1. The third-order valence-corrected chi connectivity index (χ3v) is 4.94. The molecule has 2 aliphatic rings. The number of benzene rings is 2. The van der Waals surface area contributed by atoms with Gasteiger partial charge in [0.2, 0.25) is 0 Å². The molecule has 2 aliphatic heterocycles. The average molecular weight is 329 g/mol. The smallest absolute Gasteiger partial charge is 0.125 e. The highest BCUT2D eigenvalue weighted by molar-refractivity contribution is 5.79. The fourth-order valence-electron chi connectivity index (χ4n) is 3.70. The van der Waals surface area contributed by atoms with Crippen molar-refractivity contribution in [1.82, 2.24) is 5.32 Å². The van der Waals surface area contributed by atoms with Gasteiger partial charge in [-0.25, -0.2) is 8.78 Å². The first-order chi connectivity index (χ1) is 11.7. The number of nitrogens with one attached hydrogen (secondary N) is 1. The summed E-state index contributed by atoms with van der Waals surface area (Å²) in [5.74, 6) is 0.135. The Bertz CT molecular complexity index is 711. The quantitative estimate of drug-likeness (QED) is 0.929. The van der Waals surface area contributed by atoms with Crippen LogP contribution in [0.15, 0.2) is 42.5 Å². The molecule has 5 heteroatoms. The van der Waals surface area contributed by atoms with Gasteiger partial charge >= 0.3 is 0 Å². The number of rotatable bonds is 3. The molecule has 2 aromatic carbocycles. The summed E-state index contributed by atoms with van der Waals surface area (Å²) in [7, 11) is 0. The minimum atomic E-state index is -0.259. The van der Waals surface area contributed by atoms with Crippen LogP contribution < -0.4 is 15.1 Å². The molecule has 4 rings (SSSR count). The molecular weight excluding hydrogens is 308 g/mol. The maximum absolute atomic E-state index is 13.9. The van der Waals surface area contributed by atoms with E-state index in [-0.39, 0.29) is 11.6 Å². The van der Waals surface area contributed by atoms with Crippen LogP contribution in [0.4, 0.5) is 25.8 Å². The van der Waals surface area contributed by atoms with Gasteiger partial charge in [-0.05, 0) is 67.9 Å². The molecule has 0 amide bonds. The lowest BCUT2D eigenvalue weighted by Gasteiger charge is -2.40. The molecule has 0 unspecified atom stereocenters. The molecule has 0 aromatic heterocycles. The number of nitrogens with zero attached hydrogens (tertiary/aromatic N) is 2. The van der Waals surface area contributed by atoms with E-state index in [1.165, 1.54) is 24.6 Å². The van der Waals surface area contributed by atoms with Crippen molar-refractivity contribution >= 4 is 17.1 Å². The van der Waals surface area contributed by atoms with Gasteiger partial charge in [-0.15, -0.1) is 0 Å². The average Bonchev–Trinajstić information content (AvgIpc) is 3.09.